The second-order valence-corrected chi connectivity index (χ2v) is 7.78. The Balaban J connectivity index is 1.77. The van der Waals surface area contributed by atoms with Crippen LogP contribution in [-0.2, 0) is 0 Å². The first-order valence-corrected chi connectivity index (χ1v) is 9.51. The highest BCUT2D eigenvalue weighted by Gasteiger charge is 2.18. The lowest BCUT2D eigenvalue weighted by Gasteiger charge is -2.09. The number of hydrogen-bond acceptors (Lipinski definition) is 4. The standard InChI is InChI=1S/C17H12BrClN2O2S2/c1-23-11-5-6-12-13(8-11)25-15(14(12)19)16(22)21-17(24)20-10-4-2-3-9(18)7-10/h2-8H,1H3,(H2,20,21,22,24). The third kappa shape index (κ3) is 4.12. The van der Waals surface area contributed by atoms with Gasteiger partial charge in [-0.25, -0.2) is 0 Å². The zero-order valence-electron chi connectivity index (χ0n) is 12.9. The third-order valence-corrected chi connectivity index (χ3v) is 5.71. The molecule has 25 heavy (non-hydrogen) atoms. The third-order valence-electron chi connectivity index (χ3n) is 3.35. The molecule has 0 aliphatic heterocycles. The highest BCUT2D eigenvalue weighted by Crippen LogP contribution is 2.37. The van der Waals surface area contributed by atoms with Crippen molar-refractivity contribution in [1.82, 2.24) is 5.32 Å². The molecule has 128 valence electrons. The minimum atomic E-state index is -0.349. The molecule has 4 nitrogen and oxygen atoms in total. The number of benzene rings is 2. The van der Waals surface area contributed by atoms with E-state index in [-0.39, 0.29) is 11.0 Å². The molecule has 8 heteroatoms. The predicted molar refractivity (Wildman–Crippen MR) is 111 cm³/mol. The molecule has 0 aliphatic carbocycles. The molecule has 0 radical (unpaired) electrons. The smallest absolute Gasteiger partial charge is 0.269 e. The van der Waals surface area contributed by atoms with E-state index in [9.17, 15) is 4.79 Å². The number of amides is 1. The fourth-order valence-corrected chi connectivity index (χ4v) is 4.26. The van der Waals surface area contributed by atoms with Crippen molar-refractivity contribution in [2.75, 3.05) is 12.4 Å². The van der Waals surface area contributed by atoms with E-state index in [2.05, 4.69) is 26.6 Å². The Hall–Kier alpha value is -1.67. The number of methoxy groups -OCH3 is 1. The number of ether oxygens (including phenoxy) is 1. The van der Waals surface area contributed by atoms with Gasteiger partial charge in [0.25, 0.3) is 5.91 Å². The van der Waals surface area contributed by atoms with Gasteiger partial charge < -0.3 is 10.1 Å². The van der Waals surface area contributed by atoms with Crippen molar-refractivity contribution in [2.45, 2.75) is 0 Å². The molecule has 0 saturated heterocycles. The molecule has 3 rings (SSSR count). The Kier molecular flexibility index (Phi) is 5.58. The molecule has 0 unspecified atom stereocenters. The van der Waals surface area contributed by atoms with Crippen LogP contribution in [0.2, 0.25) is 5.02 Å². The van der Waals surface area contributed by atoms with Gasteiger partial charge in [0, 0.05) is 20.2 Å². The lowest BCUT2D eigenvalue weighted by Crippen LogP contribution is -2.33. The van der Waals surface area contributed by atoms with Gasteiger partial charge in [-0.15, -0.1) is 11.3 Å². The number of fused-ring (bicyclic) bond motifs is 1. The second-order valence-electron chi connectivity index (χ2n) is 5.03. The summed E-state index contributed by atoms with van der Waals surface area (Å²) in [5.41, 5.74) is 0.770. The van der Waals surface area contributed by atoms with Gasteiger partial charge in [0.1, 0.15) is 10.6 Å². The van der Waals surface area contributed by atoms with Crippen LogP contribution >= 0.6 is 51.1 Å². The van der Waals surface area contributed by atoms with E-state index in [0.717, 1.165) is 20.2 Å². The van der Waals surface area contributed by atoms with Gasteiger partial charge in [-0.2, -0.15) is 0 Å². The van der Waals surface area contributed by atoms with E-state index >= 15 is 0 Å². The maximum atomic E-state index is 12.5. The van der Waals surface area contributed by atoms with Crippen LogP contribution in [0.15, 0.2) is 46.9 Å². The van der Waals surface area contributed by atoms with Crippen molar-refractivity contribution in [1.29, 1.82) is 0 Å². The first kappa shape index (κ1) is 18.1. The van der Waals surface area contributed by atoms with Crippen LogP contribution in [0.3, 0.4) is 0 Å². The Labute approximate surface area is 167 Å². The van der Waals surface area contributed by atoms with Gasteiger partial charge in [-0.3, -0.25) is 10.1 Å². The molecule has 0 spiro atoms. The molecule has 0 saturated carbocycles. The van der Waals surface area contributed by atoms with Crippen LogP contribution in [0.4, 0.5) is 5.69 Å². The highest BCUT2D eigenvalue weighted by molar-refractivity contribution is 9.10. The fraction of sp³-hybridized carbons (Fsp3) is 0.0588. The summed E-state index contributed by atoms with van der Waals surface area (Å²) in [6.45, 7) is 0. The summed E-state index contributed by atoms with van der Waals surface area (Å²) in [5, 5.41) is 7.04. The largest absolute Gasteiger partial charge is 0.497 e. The summed E-state index contributed by atoms with van der Waals surface area (Å²) in [6, 6.07) is 13.0. The summed E-state index contributed by atoms with van der Waals surface area (Å²) >= 11 is 16.2. The summed E-state index contributed by atoms with van der Waals surface area (Å²) in [7, 11) is 1.59. The Bertz CT molecular complexity index is 974. The summed E-state index contributed by atoms with van der Waals surface area (Å²) in [6.07, 6.45) is 0. The Morgan fingerprint density at radius 3 is 2.80 bits per heavy atom. The monoisotopic (exact) mass is 454 g/mol. The molecule has 2 aromatic carbocycles. The van der Waals surface area contributed by atoms with Gasteiger partial charge in [0.2, 0.25) is 0 Å². The van der Waals surface area contributed by atoms with E-state index in [0.29, 0.717) is 15.6 Å². The first-order chi connectivity index (χ1) is 12.0. The van der Waals surface area contributed by atoms with Crippen LogP contribution in [-0.4, -0.2) is 18.1 Å². The maximum Gasteiger partial charge on any atom is 0.269 e. The first-order valence-electron chi connectivity index (χ1n) is 7.12. The molecule has 0 bridgehead atoms. The second kappa shape index (κ2) is 7.70. The summed E-state index contributed by atoms with van der Waals surface area (Å²) < 4.78 is 6.99. The van der Waals surface area contributed by atoms with Crippen molar-refractivity contribution >= 4 is 77.9 Å². The number of thiophene rings is 1. The van der Waals surface area contributed by atoms with E-state index < -0.39 is 0 Å². The normalized spacial score (nSPS) is 10.5. The van der Waals surface area contributed by atoms with Crippen LogP contribution in [0.5, 0.6) is 5.75 Å². The number of rotatable bonds is 3. The van der Waals surface area contributed by atoms with Crippen molar-refractivity contribution in [3.05, 3.63) is 56.8 Å². The fourth-order valence-electron chi connectivity index (χ4n) is 2.21. The average molecular weight is 456 g/mol. The van der Waals surface area contributed by atoms with Crippen LogP contribution in [0.25, 0.3) is 10.1 Å². The number of carbonyl (C=O) groups excluding carboxylic acids is 1. The van der Waals surface area contributed by atoms with Gasteiger partial charge in [0.05, 0.1) is 12.1 Å². The zero-order chi connectivity index (χ0) is 18.0. The number of anilines is 1. The summed E-state index contributed by atoms with van der Waals surface area (Å²) in [4.78, 5) is 12.9. The molecular weight excluding hydrogens is 444 g/mol. The molecule has 0 atom stereocenters. The maximum absolute atomic E-state index is 12.5. The quantitative estimate of drug-likeness (QED) is 0.515. The van der Waals surface area contributed by atoms with Crippen molar-refractivity contribution in [3.8, 4) is 5.75 Å². The number of thiocarbonyl (C=S) groups is 1. The van der Waals surface area contributed by atoms with Crippen molar-refractivity contribution < 1.29 is 9.53 Å². The van der Waals surface area contributed by atoms with E-state index in [1.165, 1.54) is 11.3 Å². The van der Waals surface area contributed by atoms with Crippen LogP contribution in [0, 0.1) is 0 Å². The van der Waals surface area contributed by atoms with E-state index in [4.69, 9.17) is 28.6 Å². The average Bonchev–Trinajstić information content (AvgIpc) is 2.91. The van der Waals surface area contributed by atoms with Gasteiger partial charge in [-0.05, 0) is 48.6 Å². The number of carbonyl (C=O) groups is 1. The lowest BCUT2D eigenvalue weighted by atomic mass is 10.2. The number of halogens is 2. The minimum Gasteiger partial charge on any atom is -0.497 e. The number of nitrogens with one attached hydrogen (secondary N) is 2. The van der Waals surface area contributed by atoms with Gasteiger partial charge in [0.15, 0.2) is 5.11 Å². The Morgan fingerprint density at radius 1 is 1.28 bits per heavy atom. The predicted octanol–water partition coefficient (Wildman–Crippen LogP) is 5.45. The lowest BCUT2D eigenvalue weighted by molar-refractivity contribution is 0.0982. The number of hydrogen-bond donors (Lipinski definition) is 2. The van der Waals surface area contributed by atoms with E-state index in [1.54, 1.807) is 7.11 Å². The molecule has 1 heterocycles. The van der Waals surface area contributed by atoms with Crippen molar-refractivity contribution in [2.24, 2.45) is 0 Å². The van der Waals surface area contributed by atoms with Gasteiger partial charge >= 0.3 is 0 Å². The molecule has 1 amide bonds. The summed E-state index contributed by atoms with van der Waals surface area (Å²) in [5.74, 6) is 0.363. The molecule has 0 fully saturated rings. The Morgan fingerprint density at radius 2 is 2.08 bits per heavy atom. The SMILES string of the molecule is COc1ccc2c(Cl)c(C(=O)NC(=S)Nc3cccc(Br)c3)sc2c1. The molecule has 2 N–H and O–H groups in total. The topological polar surface area (TPSA) is 50.4 Å². The van der Waals surface area contributed by atoms with Gasteiger partial charge in [-0.1, -0.05) is 33.6 Å². The molecule has 3 aromatic rings. The van der Waals surface area contributed by atoms with E-state index in [1.807, 2.05) is 42.5 Å². The molecular formula is C17H12BrClN2O2S2. The minimum absolute atomic E-state index is 0.203. The van der Waals surface area contributed by atoms with Crippen molar-refractivity contribution in [3.63, 3.8) is 0 Å². The van der Waals surface area contributed by atoms with Crippen LogP contribution < -0.4 is 15.4 Å². The molecule has 0 aliphatic rings. The highest BCUT2D eigenvalue weighted by atomic mass is 79.9. The molecule has 1 aromatic heterocycles. The van der Waals surface area contributed by atoms with Crippen LogP contribution in [0.1, 0.15) is 9.67 Å². The zero-order valence-corrected chi connectivity index (χ0v) is 16.9.